The van der Waals surface area contributed by atoms with Gasteiger partial charge in [0.15, 0.2) is 0 Å². The van der Waals surface area contributed by atoms with Gasteiger partial charge in [0.2, 0.25) is 5.91 Å². The average Bonchev–Trinajstić information content (AvgIpc) is 3.13. The standard InChI is InChI=1S/C23H32FN5O4/c1-23(33-3)6-10-28(11-7-23)20(30)14-27-8-4-15(5-9-27)29-19-13-17(24)16(21(31)25-2)12-18(19)26-22(29)32/h12-13,15H,4-11,14H2,1-3H3,(H,25,31)(H,26,32). The van der Waals surface area contributed by atoms with Crippen LogP contribution < -0.4 is 11.0 Å². The summed E-state index contributed by atoms with van der Waals surface area (Å²) in [6.45, 7) is 5.21. The number of halogens is 1. The van der Waals surface area contributed by atoms with Crippen molar-refractivity contribution in [1.29, 1.82) is 0 Å². The Kier molecular flexibility index (Phi) is 6.58. The molecule has 0 bridgehead atoms. The van der Waals surface area contributed by atoms with Gasteiger partial charge in [0.05, 0.1) is 28.7 Å². The second-order valence-electron chi connectivity index (χ2n) is 9.27. The summed E-state index contributed by atoms with van der Waals surface area (Å²) < 4.78 is 21.7. The van der Waals surface area contributed by atoms with E-state index in [0.717, 1.165) is 12.8 Å². The van der Waals surface area contributed by atoms with E-state index >= 15 is 0 Å². The van der Waals surface area contributed by atoms with Crippen LogP contribution in [0.3, 0.4) is 0 Å². The van der Waals surface area contributed by atoms with Crippen molar-refractivity contribution in [1.82, 2.24) is 24.7 Å². The maximum atomic E-state index is 14.5. The fraction of sp³-hybridized carbons (Fsp3) is 0.609. The van der Waals surface area contributed by atoms with E-state index in [1.807, 2.05) is 4.90 Å². The number of nitrogens with zero attached hydrogens (tertiary/aromatic N) is 3. The molecule has 2 N–H and O–H groups in total. The largest absolute Gasteiger partial charge is 0.378 e. The highest BCUT2D eigenvalue weighted by molar-refractivity contribution is 5.97. The molecule has 3 heterocycles. The van der Waals surface area contributed by atoms with Crippen LogP contribution in [0.4, 0.5) is 4.39 Å². The van der Waals surface area contributed by atoms with Crippen LogP contribution in [0, 0.1) is 5.82 Å². The summed E-state index contributed by atoms with van der Waals surface area (Å²) in [5, 5.41) is 2.40. The third kappa shape index (κ3) is 4.67. The molecule has 180 valence electrons. The Morgan fingerprint density at radius 1 is 1.21 bits per heavy atom. The number of amides is 2. The zero-order chi connectivity index (χ0) is 23.8. The number of ether oxygens (including phenoxy) is 1. The average molecular weight is 462 g/mol. The van der Waals surface area contributed by atoms with E-state index in [-0.39, 0.29) is 28.8 Å². The molecule has 0 radical (unpaired) electrons. The quantitative estimate of drug-likeness (QED) is 0.703. The highest BCUT2D eigenvalue weighted by Crippen LogP contribution is 2.28. The predicted molar refractivity (Wildman–Crippen MR) is 122 cm³/mol. The molecule has 0 unspecified atom stereocenters. The first kappa shape index (κ1) is 23.4. The molecular formula is C23H32FN5O4. The number of hydrogen-bond acceptors (Lipinski definition) is 5. The van der Waals surface area contributed by atoms with Gasteiger partial charge in [-0.3, -0.25) is 19.1 Å². The topological polar surface area (TPSA) is 99.7 Å². The molecule has 0 atom stereocenters. The molecule has 2 aliphatic heterocycles. The zero-order valence-electron chi connectivity index (χ0n) is 19.4. The lowest BCUT2D eigenvalue weighted by Gasteiger charge is -2.39. The number of piperidine rings is 2. The van der Waals surface area contributed by atoms with Gasteiger partial charge >= 0.3 is 5.69 Å². The molecule has 0 aliphatic carbocycles. The van der Waals surface area contributed by atoms with Crippen LogP contribution in [0.1, 0.15) is 49.0 Å². The van der Waals surface area contributed by atoms with Crippen molar-refractivity contribution in [2.75, 3.05) is 46.9 Å². The van der Waals surface area contributed by atoms with Gasteiger partial charge in [-0.05, 0) is 38.7 Å². The Labute approximate surface area is 191 Å². The Hall–Kier alpha value is -2.72. The summed E-state index contributed by atoms with van der Waals surface area (Å²) in [6.07, 6.45) is 3.03. The lowest BCUT2D eigenvalue weighted by molar-refractivity contribution is -0.137. The number of H-pyrrole nitrogens is 1. The number of hydrogen-bond donors (Lipinski definition) is 2. The smallest absolute Gasteiger partial charge is 0.326 e. The second kappa shape index (κ2) is 9.26. The lowest BCUT2D eigenvalue weighted by atomic mass is 9.93. The Morgan fingerprint density at radius 2 is 1.88 bits per heavy atom. The summed E-state index contributed by atoms with van der Waals surface area (Å²) in [6, 6.07) is 2.53. The number of aromatic nitrogens is 2. The first-order valence-electron chi connectivity index (χ1n) is 11.5. The van der Waals surface area contributed by atoms with E-state index in [1.54, 1.807) is 11.7 Å². The monoisotopic (exact) mass is 461 g/mol. The molecule has 0 saturated carbocycles. The van der Waals surface area contributed by atoms with E-state index in [9.17, 15) is 18.8 Å². The molecule has 10 heteroatoms. The highest BCUT2D eigenvalue weighted by Gasteiger charge is 2.33. The first-order chi connectivity index (χ1) is 15.7. The van der Waals surface area contributed by atoms with Crippen LogP contribution in [-0.4, -0.2) is 83.6 Å². The van der Waals surface area contributed by atoms with Gasteiger partial charge in [0.25, 0.3) is 5.91 Å². The number of nitrogens with one attached hydrogen (secondary N) is 2. The zero-order valence-corrected chi connectivity index (χ0v) is 19.4. The normalized spacial score (nSPS) is 19.7. The van der Waals surface area contributed by atoms with Gasteiger partial charge in [-0.15, -0.1) is 0 Å². The second-order valence-corrected chi connectivity index (χ2v) is 9.27. The third-order valence-electron chi connectivity index (χ3n) is 7.22. The molecule has 33 heavy (non-hydrogen) atoms. The number of fused-ring (bicyclic) bond motifs is 1. The highest BCUT2D eigenvalue weighted by atomic mass is 19.1. The molecule has 2 saturated heterocycles. The number of carbonyl (C=O) groups excluding carboxylic acids is 2. The van der Waals surface area contributed by atoms with Gasteiger partial charge in [-0.1, -0.05) is 0 Å². The maximum absolute atomic E-state index is 14.5. The van der Waals surface area contributed by atoms with Crippen molar-refractivity contribution in [3.05, 3.63) is 34.0 Å². The van der Waals surface area contributed by atoms with E-state index in [2.05, 4.69) is 22.1 Å². The number of imidazole rings is 1. The van der Waals surface area contributed by atoms with Crippen LogP contribution in [-0.2, 0) is 9.53 Å². The Morgan fingerprint density at radius 3 is 2.48 bits per heavy atom. The fourth-order valence-electron chi connectivity index (χ4n) is 4.88. The molecule has 2 aliphatic rings. The van der Waals surface area contributed by atoms with Gasteiger partial charge in [-0.25, -0.2) is 9.18 Å². The van der Waals surface area contributed by atoms with Crippen LogP contribution >= 0.6 is 0 Å². The van der Waals surface area contributed by atoms with Crippen molar-refractivity contribution < 1.29 is 18.7 Å². The molecule has 4 rings (SSSR count). The molecule has 1 aromatic carbocycles. The number of methoxy groups -OCH3 is 1. The molecule has 2 aromatic rings. The molecule has 0 spiro atoms. The van der Waals surface area contributed by atoms with E-state index in [0.29, 0.717) is 56.6 Å². The van der Waals surface area contributed by atoms with Crippen molar-refractivity contribution in [2.45, 2.75) is 44.2 Å². The SMILES string of the molecule is CNC(=O)c1cc2[nH]c(=O)n(C3CCN(CC(=O)N4CCC(C)(OC)CC4)CC3)c2cc1F. The van der Waals surface area contributed by atoms with Gasteiger partial charge < -0.3 is 19.9 Å². The Balaban J connectivity index is 1.39. The van der Waals surface area contributed by atoms with Crippen molar-refractivity contribution in [2.24, 2.45) is 0 Å². The van der Waals surface area contributed by atoms with Gasteiger partial charge in [0, 0.05) is 52.4 Å². The van der Waals surface area contributed by atoms with Crippen molar-refractivity contribution >= 4 is 22.8 Å². The summed E-state index contributed by atoms with van der Waals surface area (Å²) in [5.41, 5.74) is 0.320. The molecule has 2 amide bonds. The van der Waals surface area contributed by atoms with E-state index < -0.39 is 11.7 Å². The van der Waals surface area contributed by atoms with E-state index in [4.69, 9.17) is 4.74 Å². The number of benzene rings is 1. The summed E-state index contributed by atoms with van der Waals surface area (Å²) in [5.74, 6) is -1.08. The summed E-state index contributed by atoms with van der Waals surface area (Å²) in [4.78, 5) is 44.0. The third-order valence-corrected chi connectivity index (χ3v) is 7.22. The van der Waals surface area contributed by atoms with Gasteiger partial charge in [-0.2, -0.15) is 0 Å². The van der Waals surface area contributed by atoms with Crippen LogP contribution in [0.2, 0.25) is 0 Å². The van der Waals surface area contributed by atoms with Crippen LogP contribution in [0.25, 0.3) is 11.0 Å². The fourth-order valence-corrected chi connectivity index (χ4v) is 4.88. The molecule has 9 nitrogen and oxygen atoms in total. The maximum Gasteiger partial charge on any atom is 0.326 e. The summed E-state index contributed by atoms with van der Waals surface area (Å²) in [7, 11) is 3.15. The van der Waals surface area contributed by atoms with Crippen molar-refractivity contribution in [3.8, 4) is 0 Å². The number of aromatic amines is 1. The minimum atomic E-state index is -0.663. The first-order valence-corrected chi connectivity index (χ1v) is 11.5. The molecule has 1 aromatic heterocycles. The summed E-state index contributed by atoms with van der Waals surface area (Å²) >= 11 is 0. The van der Waals surface area contributed by atoms with Crippen molar-refractivity contribution in [3.63, 3.8) is 0 Å². The lowest BCUT2D eigenvalue weighted by Crippen LogP contribution is -2.50. The van der Waals surface area contributed by atoms with E-state index in [1.165, 1.54) is 19.2 Å². The predicted octanol–water partition coefficient (Wildman–Crippen LogP) is 1.49. The Bertz CT molecular complexity index is 1090. The van der Waals surface area contributed by atoms with Crippen LogP contribution in [0.5, 0.6) is 0 Å². The number of likely N-dealkylation sites (tertiary alicyclic amines) is 2. The molecule has 2 fully saturated rings. The van der Waals surface area contributed by atoms with Gasteiger partial charge in [0.1, 0.15) is 5.82 Å². The number of carbonyl (C=O) groups is 2. The number of rotatable bonds is 5. The minimum absolute atomic E-state index is 0.0970. The minimum Gasteiger partial charge on any atom is -0.378 e. The van der Waals surface area contributed by atoms with Crippen LogP contribution in [0.15, 0.2) is 16.9 Å². The molecular weight excluding hydrogens is 429 g/mol.